The van der Waals surface area contributed by atoms with Crippen LogP contribution in [-0.2, 0) is 4.79 Å². The van der Waals surface area contributed by atoms with Crippen molar-refractivity contribution in [2.75, 3.05) is 0 Å². The first kappa shape index (κ1) is 8.60. The summed E-state index contributed by atoms with van der Waals surface area (Å²) in [4.78, 5) is 23.4. The van der Waals surface area contributed by atoms with Crippen LogP contribution in [0.1, 0.15) is 40.2 Å². The van der Waals surface area contributed by atoms with Gasteiger partial charge in [-0.3, -0.25) is 9.59 Å². The van der Waals surface area contributed by atoms with Crippen molar-refractivity contribution in [1.29, 1.82) is 0 Å². The smallest absolute Gasteiger partial charge is 0.170 e. The van der Waals surface area contributed by atoms with E-state index < -0.39 is 0 Å². The fourth-order valence-electron chi connectivity index (χ4n) is 2.48. The van der Waals surface area contributed by atoms with Gasteiger partial charge in [0.25, 0.3) is 0 Å². The minimum absolute atomic E-state index is 0.0246. The molecule has 0 fully saturated rings. The molecule has 0 radical (unpaired) electrons. The van der Waals surface area contributed by atoms with Crippen LogP contribution in [-0.4, -0.2) is 11.6 Å². The number of hydrogen-bond donors (Lipinski definition) is 0. The van der Waals surface area contributed by atoms with Crippen LogP contribution < -0.4 is 0 Å². The predicted molar refractivity (Wildman–Crippen MR) is 56.8 cm³/mol. The average molecular weight is 198 g/mol. The summed E-state index contributed by atoms with van der Waals surface area (Å²) >= 11 is 0. The Morgan fingerprint density at radius 3 is 2.93 bits per heavy atom. The number of benzene rings is 1. The van der Waals surface area contributed by atoms with Gasteiger partial charge in [0.05, 0.1) is 6.42 Å². The monoisotopic (exact) mass is 198 g/mol. The quantitative estimate of drug-likeness (QED) is 0.599. The third-order valence-corrected chi connectivity index (χ3v) is 3.18. The molecule has 15 heavy (non-hydrogen) atoms. The van der Waals surface area contributed by atoms with Crippen LogP contribution in [0.25, 0.3) is 6.08 Å². The summed E-state index contributed by atoms with van der Waals surface area (Å²) in [5, 5.41) is 0. The molecule has 2 aliphatic carbocycles. The maximum Gasteiger partial charge on any atom is 0.170 e. The summed E-state index contributed by atoms with van der Waals surface area (Å²) in [5.74, 6) is -0.0217. The SMILES string of the molecule is O=C1CC(=O)C2CC=Cc3cccc1c32. The molecule has 74 valence electrons. The van der Waals surface area contributed by atoms with Crippen LogP contribution >= 0.6 is 0 Å². The van der Waals surface area contributed by atoms with E-state index in [4.69, 9.17) is 0 Å². The van der Waals surface area contributed by atoms with E-state index in [2.05, 4.69) is 0 Å². The van der Waals surface area contributed by atoms with Crippen molar-refractivity contribution in [2.45, 2.75) is 18.8 Å². The lowest BCUT2D eigenvalue weighted by Crippen LogP contribution is -2.26. The van der Waals surface area contributed by atoms with Crippen LogP contribution in [0.3, 0.4) is 0 Å². The van der Waals surface area contributed by atoms with E-state index in [1.165, 1.54) is 0 Å². The number of ketones is 2. The maximum absolute atomic E-state index is 11.7. The van der Waals surface area contributed by atoms with Gasteiger partial charge in [0.15, 0.2) is 5.78 Å². The van der Waals surface area contributed by atoms with Gasteiger partial charge in [-0.2, -0.15) is 0 Å². The number of rotatable bonds is 0. The van der Waals surface area contributed by atoms with Crippen molar-refractivity contribution in [3.05, 3.63) is 41.0 Å². The van der Waals surface area contributed by atoms with Gasteiger partial charge in [-0.25, -0.2) is 0 Å². The van der Waals surface area contributed by atoms with Gasteiger partial charge in [0.2, 0.25) is 0 Å². The molecule has 0 bridgehead atoms. The minimum Gasteiger partial charge on any atom is -0.299 e. The van der Waals surface area contributed by atoms with Crippen LogP contribution in [0.4, 0.5) is 0 Å². The van der Waals surface area contributed by atoms with Gasteiger partial charge in [-0.1, -0.05) is 30.4 Å². The highest BCUT2D eigenvalue weighted by atomic mass is 16.1. The Bertz CT molecular complexity index is 497. The van der Waals surface area contributed by atoms with Crippen molar-refractivity contribution < 1.29 is 9.59 Å². The van der Waals surface area contributed by atoms with Crippen molar-refractivity contribution in [1.82, 2.24) is 0 Å². The zero-order chi connectivity index (χ0) is 10.4. The number of hydrogen-bond acceptors (Lipinski definition) is 2. The zero-order valence-corrected chi connectivity index (χ0v) is 8.19. The summed E-state index contributed by atoms with van der Waals surface area (Å²) < 4.78 is 0. The minimum atomic E-state index is -0.0705. The lowest BCUT2D eigenvalue weighted by Gasteiger charge is -2.27. The molecule has 0 spiro atoms. The van der Waals surface area contributed by atoms with Crippen LogP contribution in [0.5, 0.6) is 0 Å². The summed E-state index contributed by atoms with van der Waals surface area (Å²) in [6.07, 6.45) is 4.84. The van der Waals surface area contributed by atoms with Crippen molar-refractivity contribution in [3.63, 3.8) is 0 Å². The summed E-state index contributed by atoms with van der Waals surface area (Å²) in [7, 11) is 0. The van der Waals surface area contributed by atoms with E-state index in [0.29, 0.717) is 0 Å². The molecule has 1 atom stereocenters. The maximum atomic E-state index is 11.7. The number of allylic oxidation sites excluding steroid dienone is 1. The molecule has 0 saturated carbocycles. The number of Topliss-reactive ketones (excluding diaryl/α,β-unsaturated/α-hetero) is 2. The second-order valence-corrected chi connectivity index (χ2v) is 4.07. The standard InChI is InChI=1S/C13H10O2/c14-11-7-12(15)10-6-2-4-8-3-1-5-9(11)13(8)10/h1-5,10H,6-7H2. The Hall–Kier alpha value is -1.70. The van der Waals surface area contributed by atoms with E-state index in [1.807, 2.05) is 30.4 Å². The largest absolute Gasteiger partial charge is 0.299 e. The van der Waals surface area contributed by atoms with Gasteiger partial charge in [0, 0.05) is 11.5 Å². The lowest BCUT2D eigenvalue weighted by atomic mass is 9.75. The molecule has 3 rings (SSSR count). The van der Waals surface area contributed by atoms with E-state index in [9.17, 15) is 9.59 Å². The van der Waals surface area contributed by atoms with Gasteiger partial charge in [0.1, 0.15) is 5.78 Å². The third-order valence-electron chi connectivity index (χ3n) is 3.18. The molecule has 0 aliphatic heterocycles. The normalized spacial score (nSPS) is 22.8. The van der Waals surface area contributed by atoms with Gasteiger partial charge >= 0.3 is 0 Å². The van der Waals surface area contributed by atoms with Crippen LogP contribution in [0, 0.1) is 0 Å². The molecular weight excluding hydrogens is 188 g/mol. The molecule has 0 N–H and O–H groups in total. The summed E-state index contributed by atoms with van der Waals surface area (Å²) in [5.41, 5.74) is 2.74. The van der Waals surface area contributed by atoms with Gasteiger partial charge in [-0.15, -0.1) is 0 Å². The molecule has 0 aromatic heterocycles. The molecule has 2 aliphatic rings. The molecule has 0 heterocycles. The highest BCUT2D eigenvalue weighted by molar-refractivity contribution is 6.15. The number of carbonyl (C=O) groups is 2. The summed E-state index contributed by atoms with van der Waals surface area (Å²) in [6.45, 7) is 0. The second kappa shape index (κ2) is 2.89. The first-order valence-electron chi connectivity index (χ1n) is 5.13. The first-order chi connectivity index (χ1) is 7.27. The van der Waals surface area contributed by atoms with Crippen LogP contribution in [0.15, 0.2) is 24.3 Å². The van der Waals surface area contributed by atoms with Gasteiger partial charge in [-0.05, 0) is 17.5 Å². The Kier molecular flexibility index (Phi) is 1.66. The third kappa shape index (κ3) is 1.11. The molecule has 1 unspecified atom stereocenters. The highest BCUT2D eigenvalue weighted by Crippen LogP contribution is 2.37. The van der Waals surface area contributed by atoms with E-state index in [1.54, 1.807) is 0 Å². The molecular formula is C13H10O2. The van der Waals surface area contributed by atoms with E-state index >= 15 is 0 Å². The summed E-state index contributed by atoms with van der Waals surface area (Å²) in [6, 6.07) is 5.68. The Labute approximate surface area is 87.6 Å². The lowest BCUT2D eigenvalue weighted by molar-refractivity contribution is -0.119. The Morgan fingerprint density at radius 2 is 2.07 bits per heavy atom. The molecule has 0 amide bonds. The zero-order valence-electron chi connectivity index (χ0n) is 8.19. The predicted octanol–water partition coefficient (Wildman–Crippen LogP) is 2.34. The van der Waals surface area contributed by atoms with Crippen molar-refractivity contribution in [3.8, 4) is 0 Å². The highest BCUT2D eigenvalue weighted by Gasteiger charge is 2.34. The van der Waals surface area contributed by atoms with Crippen molar-refractivity contribution >= 4 is 17.6 Å². The van der Waals surface area contributed by atoms with Crippen molar-refractivity contribution in [2.24, 2.45) is 0 Å². The topological polar surface area (TPSA) is 34.1 Å². The molecule has 0 saturated heterocycles. The fourth-order valence-corrected chi connectivity index (χ4v) is 2.48. The Morgan fingerprint density at radius 1 is 1.20 bits per heavy atom. The molecule has 2 heteroatoms. The molecule has 1 aromatic carbocycles. The van der Waals surface area contributed by atoms with Crippen LogP contribution in [0.2, 0.25) is 0 Å². The first-order valence-corrected chi connectivity index (χ1v) is 5.13. The average Bonchev–Trinajstić information content (AvgIpc) is 2.25. The van der Waals surface area contributed by atoms with E-state index in [0.717, 1.165) is 23.1 Å². The van der Waals surface area contributed by atoms with Gasteiger partial charge < -0.3 is 0 Å². The fraction of sp³-hybridized carbons (Fsp3) is 0.231. The molecule has 2 nitrogen and oxygen atoms in total. The molecule has 1 aromatic rings. The number of carbonyl (C=O) groups excluding carboxylic acids is 2. The second-order valence-electron chi connectivity index (χ2n) is 4.07. The Balaban J connectivity index is 2.32. The van der Waals surface area contributed by atoms with E-state index in [-0.39, 0.29) is 23.9 Å².